The second-order valence-corrected chi connectivity index (χ2v) is 7.79. The third-order valence-electron chi connectivity index (χ3n) is 3.56. The molecule has 3 rings (SSSR count). The van der Waals surface area contributed by atoms with E-state index in [0.29, 0.717) is 10.2 Å². The monoisotopic (exact) mass is 390 g/mol. The lowest BCUT2D eigenvalue weighted by Gasteiger charge is -2.10. The van der Waals surface area contributed by atoms with Crippen LogP contribution in [-0.4, -0.2) is 34.0 Å². The predicted octanol–water partition coefficient (Wildman–Crippen LogP) is 1.83. The Bertz CT molecular complexity index is 989. The average Bonchev–Trinajstić information content (AvgIpc) is 3.24. The van der Waals surface area contributed by atoms with E-state index in [0.717, 1.165) is 10.4 Å². The summed E-state index contributed by atoms with van der Waals surface area (Å²) in [6.45, 7) is 3.37. The van der Waals surface area contributed by atoms with Crippen LogP contribution in [0.1, 0.15) is 13.8 Å². The molecule has 0 aromatic carbocycles. The molecule has 3 aromatic rings. The zero-order valence-corrected chi connectivity index (χ0v) is 15.9. The van der Waals surface area contributed by atoms with Crippen molar-refractivity contribution in [2.75, 3.05) is 6.54 Å². The Labute approximate surface area is 157 Å². The number of carbonyl (C=O) groups excluding carboxylic acids is 2. The summed E-state index contributed by atoms with van der Waals surface area (Å²) in [5, 5.41) is 9.57. The van der Waals surface area contributed by atoms with Gasteiger partial charge in [0.05, 0.1) is 18.3 Å². The molecular weight excluding hydrogens is 372 g/mol. The van der Waals surface area contributed by atoms with E-state index in [1.54, 1.807) is 11.3 Å². The minimum atomic E-state index is -0.417. The molecule has 0 fully saturated rings. The van der Waals surface area contributed by atoms with Crippen molar-refractivity contribution in [3.63, 3.8) is 0 Å². The molecule has 9 heteroatoms. The van der Waals surface area contributed by atoms with Crippen LogP contribution in [0, 0.1) is 0 Å². The first-order valence-electron chi connectivity index (χ1n) is 8.02. The van der Waals surface area contributed by atoms with E-state index in [1.165, 1.54) is 22.2 Å². The SMILES string of the molecule is CC(C)NC(=O)CNC(=O)Cn1cnc2scc(-c3cccs3)c2c1=O. The first-order chi connectivity index (χ1) is 12.5. The van der Waals surface area contributed by atoms with Gasteiger partial charge in [-0.1, -0.05) is 6.07 Å². The third-order valence-corrected chi connectivity index (χ3v) is 5.35. The number of aromatic nitrogens is 2. The summed E-state index contributed by atoms with van der Waals surface area (Å²) < 4.78 is 1.27. The van der Waals surface area contributed by atoms with Crippen LogP contribution in [0.15, 0.2) is 34.0 Å². The van der Waals surface area contributed by atoms with Gasteiger partial charge in [-0.25, -0.2) is 4.98 Å². The first-order valence-corrected chi connectivity index (χ1v) is 9.78. The maximum atomic E-state index is 12.8. The summed E-state index contributed by atoms with van der Waals surface area (Å²) in [6.07, 6.45) is 1.37. The number of nitrogens with zero attached hydrogens (tertiary/aromatic N) is 2. The molecule has 26 heavy (non-hydrogen) atoms. The standard InChI is InChI=1S/C17H18N4O3S2/c1-10(2)20-13(22)6-18-14(23)7-21-9-19-16-15(17(21)24)11(8-26-16)12-4-3-5-25-12/h3-5,8-10H,6-7H2,1-2H3,(H,18,23)(H,20,22). The van der Waals surface area contributed by atoms with Crippen molar-refractivity contribution < 1.29 is 9.59 Å². The number of fused-ring (bicyclic) bond motifs is 1. The third kappa shape index (κ3) is 4.00. The van der Waals surface area contributed by atoms with Crippen LogP contribution < -0.4 is 16.2 Å². The van der Waals surface area contributed by atoms with E-state index < -0.39 is 5.91 Å². The quantitative estimate of drug-likeness (QED) is 0.671. The molecule has 3 heterocycles. The van der Waals surface area contributed by atoms with Gasteiger partial charge in [0, 0.05) is 21.9 Å². The Morgan fingerprint density at radius 3 is 2.77 bits per heavy atom. The molecular formula is C17H18N4O3S2. The lowest BCUT2D eigenvalue weighted by molar-refractivity contribution is -0.126. The fourth-order valence-electron chi connectivity index (χ4n) is 2.46. The van der Waals surface area contributed by atoms with Crippen LogP contribution >= 0.6 is 22.7 Å². The molecule has 0 aliphatic heterocycles. The van der Waals surface area contributed by atoms with Crippen molar-refractivity contribution in [3.8, 4) is 10.4 Å². The molecule has 0 aliphatic rings. The molecule has 2 amide bonds. The van der Waals surface area contributed by atoms with Crippen molar-refractivity contribution in [2.45, 2.75) is 26.4 Å². The van der Waals surface area contributed by atoms with E-state index in [-0.39, 0.29) is 30.6 Å². The van der Waals surface area contributed by atoms with Crippen molar-refractivity contribution in [2.24, 2.45) is 0 Å². The van der Waals surface area contributed by atoms with E-state index >= 15 is 0 Å². The van der Waals surface area contributed by atoms with Crippen molar-refractivity contribution in [3.05, 3.63) is 39.6 Å². The van der Waals surface area contributed by atoms with Gasteiger partial charge in [-0.3, -0.25) is 19.0 Å². The first kappa shape index (κ1) is 18.3. The Kier molecular flexibility index (Phi) is 5.48. The normalized spacial score (nSPS) is 11.0. The van der Waals surface area contributed by atoms with Crippen molar-refractivity contribution >= 4 is 44.7 Å². The summed E-state index contributed by atoms with van der Waals surface area (Å²) in [7, 11) is 0. The Morgan fingerprint density at radius 2 is 2.08 bits per heavy atom. The molecule has 0 saturated carbocycles. The average molecular weight is 390 g/mol. The lowest BCUT2D eigenvalue weighted by Crippen LogP contribution is -2.41. The van der Waals surface area contributed by atoms with Gasteiger partial charge in [0.2, 0.25) is 11.8 Å². The molecule has 0 spiro atoms. The highest BCUT2D eigenvalue weighted by Crippen LogP contribution is 2.33. The van der Waals surface area contributed by atoms with Gasteiger partial charge in [-0.15, -0.1) is 22.7 Å². The Balaban J connectivity index is 1.77. The zero-order chi connectivity index (χ0) is 18.7. The summed E-state index contributed by atoms with van der Waals surface area (Å²) in [6, 6.07) is 3.87. The number of thiophene rings is 2. The molecule has 0 radical (unpaired) electrons. The number of carbonyl (C=O) groups is 2. The second-order valence-electron chi connectivity index (χ2n) is 5.98. The highest BCUT2D eigenvalue weighted by atomic mass is 32.1. The molecule has 0 aliphatic carbocycles. The number of hydrogen-bond donors (Lipinski definition) is 2. The van der Waals surface area contributed by atoms with Gasteiger partial charge in [0.15, 0.2) is 0 Å². The molecule has 2 N–H and O–H groups in total. The molecule has 0 atom stereocenters. The molecule has 136 valence electrons. The number of rotatable bonds is 6. The second kappa shape index (κ2) is 7.79. The van der Waals surface area contributed by atoms with Gasteiger partial charge in [-0.2, -0.15) is 0 Å². The Morgan fingerprint density at radius 1 is 1.27 bits per heavy atom. The molecule has 3 aromatic heterocycles. The van der Waals surface area contributed by atoms with Crippen LogP contribution in [0.3, 0.4) is 0 Å². The molecule has 0 saturated heterocycles. The van der Waals surface area contributed by atoms with Gasteiger partial charge in [0.1, 0.15) is 11.4 Å². The summed E-state index contributed by atoms with van der Waals surface area (Å²) in [5.74, 6) is -0.688. The van der Waals surface area contributed by atoms with E-state index in [2.05, 4.69) is 15.6 Å². The van der Waals surface area contributed by atoms with Crippen LogP contribution in [0.25, 0.3) is 20.7 Å². The maximum absolute atomic E-state index is 12.8. The molecule has 7 nitrogen and oxygen atoms in total. The molecule has 0 unspecified atom stereocenters. The van der Waals surface area contributed by atoms with E-state index in [1.807, 2.05) is 36.7 Å². The largest absolute Gasteiger partial charge is 0.352 e. The summed E-state index contributed by atoms with van der Waals surface area (Å²) in [4.78, 5) is 42.4. The van der Waals surface area contributed by atoms with Crippen LogP contribution in [0.4, 0.5) is 0 Å². The van der Waals surface area contributed by atoms with Crippen LogP contribution in [0.2, 0.25) is 0 Å². The topological polar surface area (TPSA) is 93.1 Å². The van der Waals surface area contributed by atoms with Gasteiger partial charge in [0.25, 0.3) is 5.56 Å². The van der Waals surface area contributed by atoms with Gasteiger partial charge >= 0.3 is 0 Å². The highest BCUT2D eigenvalue weighted by molar-refractivity contribution is 7.18. The van der Waals surface area contributed by atoms with Crippen molar-refractivity contribution in [1.82, 2.24) is 20.2 Å². The predicted molar refractivity (Wildman–Crippen MR) is 103 cm³/mol. The minimum Gasteiger partial charge on any atom is -0.352 e. The van der Waals surface area contributed by atoms with Gasteiger partial charge in [-0.05, 0) is 25.3 Å². The van der Waals surface area contributed by atoms with Crippen molar-refractivity contribution in [1.29, 1.82) is 0 Å². The summed E-state index contributed by atoms with van der Waals surface area (Å²) >= 11 is 2.95. The van der Waals surface area contributed by atoms with Crippen LogP contribution in [-0.2, 0) is 16.1 Å². The summed E-state index contributed by atoms with van der Waals surface area (Å²) in [5.41, 5.74) is 0.574. The number of amides is 2. The fraction of sp³-hybridized carbons (Fsp3) is 0.294. The highest BCUT2D eigenvalue weighted by Gasteiger charge is 2.15. The minimum absolute atomic E-state index is 0.00268. The van der Waals surface area contributed by atoms with E-state index in [9.17, 15) is 14.4 Å². The smallest absolute Gasteiger partial charge is 0.263 e. The molecule has 0 bridgehead atoms. The zero-order valence-electron chi connectivity index (χ0n) is 14.3. The van der Waals surface area contributed by atoms with Crippen LogP contribution in [0.5, 0.6) is 0 Å². The number of nitrogens with one attached hydrogen (secondary N) is 2. The number of hydrogen-bond acceptors (Lipinski definition) is 6. The van der Waals surface area contributed by atoms with E-state index in [4.69, 9.17) is 0 Å². The fourth-order valence-corrected chi connectivity index (χ4v) is 4.18. The van der Waals surface area contributed by atoms with Gasteiger partial charge < -0.3 is 10.6 Å². The lowest BCUT2D eigenvalue weighted by atomic mass is 10.2. The maximum Gasteiger partial charge on any atom is 0.263 e. The Hall–Kier alpha value is -2.52.